The van der Waals surface area contributed by atoms with Crippen molar-refractivity contribution in [2.75, 3.05) is 0 Å². The van der Waals surface area contributed by atoms with Gasteiger partial charge in [-0.05, 0) is 43.4 Å². The second-order valence-electron chi connectivity index (χ2n) is 4.88. The minimum absolute atomic E-state index is 0.933. The Hall–Kier alpha value is -0.260. The third-order valence-electron chi connectivity index (χ3n) is 4.23. The van der Waals surface area contributed by atoms with E-state index in [4.69, 9.17) is 0 Å². The van der Waals surface area contributed by atoms with E-state index in [1.54, 1.807) is 5.57 Å². The highest BCUT2D eigenvalue weighted by Crippen LogP contribution is 2.47. The van der Waals surface area contributed by atoms with Crippen molar-refractivity contribution in [3.63, 3.8) is 0 Å². The van der Waals surface area contributed by atoms with Crippen LogP contribution >= 0.6 is 0 Å². The Labute approximate surface area is 76.1 Å². The first-order valence-electron chi connectivity index (χ1n) is 5.37. The first-order valence-corrected chi connectivity index (χ1v) is 5.37. The fourth-order valence-corrected chi connectivity index (χ4v) is 3.23. The monoisotopic (exact) mass is 164 g/mol. The molecule has 12 heavy (non-hydrogen) atoms. The van der Waals surface area contributed by atoms with Gasteiger partial charge in [0.15, 0.2) is 0 Å². The summed E-state index contributed by atoms with van der Waals surface area (Å²) in [6, 6.07) is 0. The summed E-state index contributed by atoms with van der Waals surface area (Å²) < 4.78 is 0. The molecule has 1 fully saturated rings. The summed E-state index contributed by atoms with van der Waals surface area (Å²) in [6.07, 6.45) is 6.78. The van der Waals surface area contributed by atoms with Gasteiger partial charge in [-0.3, -0.25) is 0 Å². The molecular formula is C12H20. The third-order valence-corrected chi connectivity index (χ3v) is 4.23. The molecule has 2 rings (SSSR count). The SMILES string of the molecule is CC1=CCC2CCC(C)C(C)C12. The van der Waals surface area contributed by atoms with Crippen molar-refractivity contribution in [3.05, 3.63) is 11.6 Å². The maximum Gasteiger partial charge on any atom is -0.0146 e. The predicted octanol–water partition coefficient (Wildman–Crippen LogP) is 3.63. The Morgan fingerprint density at radius 2 is 2.00 bits per heavy atom. The molecule has 2 aliphatic rings. The van der Waals surface area contributed by atoms with Gasteiger partial charge in [0.2, 0.25) is 0 Å². The lowest BCUT2D eigenvalue weighted by Gasteiger charge is -2.37. The zero-order valence-corrected chi connectivity index (χ0v) is 8.51. The Balaban J connectivity index is 2.17. The molecule has 4 atom stereocenters. The van der Waals surface area contributed by atoms with Gasteiger partial charge in [-0.15, -0.1) is 0 Å². The predicted molar refractivity (Wildman–Crippen MR) is 52.9 cm³/mol. The molecule has 0 aromatic heterocycles. The normalized spacial score (nSPS) is 47.1. The van der Waals surface area contributed by atoms with Crippen molar-refractivity contribution in [3.8, 4) is 0 Å². The molecule has 0 nitrogen and oxygen atoms in total. The summed E-state index contributed by atoms with van der Waals surface area (Å²) in [5, 5.41) is 0. The van der Waals surface area contributed by atoms with E-state index >= 15 is 0 Å². The molecule has 0 N–H and O–H groups in total. The Bertz CT molecular complexity index is 202. The summed E-state index contributed by atoms with van der Waals surface area (Å²) in [4.78, 5) is 0. The van der Waals surface area contributed by atoms with Crippen molar-refractivity contribution >= 4 is 0 Å². The van der Waals surface area contributed by atoms with Gasteiger partial charge in [0, 0.05) is 0 Å². The van der Waals surface area contributed by atoms with Crippen LogP contribution in [0.5, 0.6) is 0 Å². The maximum atomic E-state index is 2.48. The standard InChI is InChI=1S/C12H20/c1-8-4-6-11-7-5-9(2)12(11)10(8)3/h5,8,10-12H,4,6-7H2,1-3H3. The third kappa shape index (κ3) is 1.12. The molecule has 0 aromatic rings. The molecule has 4 unspecified atom stereocenters. The average molecular weight is 164 g/mol. The van der Waals surface area contributed by atoms with Crippen LogP contribution in [0.15, 0.2) is 11.6 Å². The summed E-state index contributed by atoms with van der Waals surface area (Å²) in [7, 11) is 0. The zero-order chi connectivity index (χ0) is 8.72. The molecule has 0 aliphatic heterocycles. The van der Waals surface area contributed by atoms with Gasteiger partial charge in [0.05, 0.1) is 0 Å². The van der Waals surface area contributed by atoms with Crippen LogP contribution in [0.1, 0.15) is 40.0 Å². The van der Waals surface area contributed by atoms with E-state index in [-0.39, 0.29) is 0 Å². The number of allylic oxidation sites excluding steroid dienone is 2. The van der Waals surface area contributed by atoms with Crippen LogP contribution < -0.4 is 0 Å². The smallest absolute Gasteiger partial charge is 0.0146 e. The molecule has 0 heteroatoms. The van der Waals surface area contributed by atoms with Gasteiger partial charge >= 0.3 is 0 Å². The van der Waals surface area contributed by atoms with Crippen LogP contribution in [0, 0.1) is 23.7 Å². The average Bonchev–Trinajstić information content (AvgIpc) is 2.41. The second kappa shape index (κ2) is 2.90. The van der Waals surface area contributed by atoms with Gasteiger partial charge in [-0.2, -0.15) is 0 Å². The lowest BCUT2D eigenvalue weighted by molar-refractivity contribution is 0.152. The molecule has 0 saturated heterocycles. The molecule has 0 spiro atoms. The molecule has 68 valence electrons. The van der Waals surface area contributed by atoms with Crippen molar-refractivity contribution in [2.24, 2.45) is 23.7 Å². The van der Waals surface area contributed by atoms with E-state index in [9.17, 15) is 0 Å². The van der Waals surface area contributed by atoms with Gasteiger partial charge < -0.3 is 0 Å². The first-order chi connectivity index (χ1) is 5.70. The fraction of sp³-hybridized carbons (Fsp3) is 0.833. The van der Waals surface area contributed by atoms with E-state index < -0.39 is 0 Å². The highest BCUT2D eigenvalue weighted by atomic mass is 14.4. The van der Waals surface area contributed by atoms with E-state index in [0.717, 1.165) is 23.7 Å². The Morgan fingerprint density at radius 3 is 2.75 bits per heavy atom. The molecule has 0 heterocycles. The van der Waals surface area contributed by atoms with Crippen molar-refractivity contribution < 1.29 is 0 Å². The van der Waals surface area contributed by atoms with E-state index in [1.807, 2.05) is 0 Å². The molecule has 0 radical (unpaired) electrons. The highest BCUT2D eigenvalue weighted by Gasteiger charge is 2.37. The van der Waals surface area contributed by atoms with Crippen LogP contribution in [0.3, 0.4) is 0 Å². The quantitative estimate of drug-likeness (QED) is 0.479. The largest absolute Gasteiger partial charge is 0.0850 e. The van der Waals surface area contributed by atoms with Crippen molar-refractivity contribution in [1.29, 1.82) is 0 Å². The lowest BCUT2D eigenvalue weighted by atomic mass is 9.67. The second-order valence-corrected chi connectivity index (χ2v) is 4.88. The summed E-state index contributed by atoms with van der Waals surface area (Å²) in [6.45, 7) is 7.20. The number of rotatable bonds is 0. The van der Waals surface area contributed by atoms with E-state index in [1.165, 1.54) is 19.3 Å². The number of fused-ring (bicyclic) bond motifs is 1. The molecular weight excluding hydrogens is 144 g/mol. The highest BCUT2D eigenvalue weighted by molar-refractivity contribution is 5.15. The van der Waals surface area contributed by atoms with Gasteiger partial charge in [0.1, 0.15) is 0 Å². The van der Waals surface area contributed by atoms with Crippen molar-refractivity contribution in [1.82, 2.24) is 0 Å². The molecule has 0 amide bonds. The summed E-state index contributed by atoms with van der Waals surface area (Å²) in [5.41, 5.74) is 1.68. The van der Waals surface area contributed by atoms with Crippen molar-refractivity contribution in [2.45, 2.75) is 40.0 Å². The molecule has 0 aromatic carbocycles. The lowest BCUT2D eigenvalue weighted by Crippen LogP contribution is -2.29. The summed E-state index contributed by atoms with van der Waals surface area (Å²) >= 11 is 0. The van der Waals surface area contributed by atoms with E-state index in [0.29, 0.717) is 0 Å². The fourth-order valence-electron chi connectivity index (χ4n) is 3.23. The summed E-state index contributed by atoms with van der Waals surface area (Å²) in [5.74, 6) is 3.83. The van der Waals surface area contributed by atoms with Crippen LogP contribution in [0.4, 0.5) is 0 Å². The van der Waals surface area contributed by atoms with Crippen LogP contribution in [-0.4, -0.2) is 0 Å². The van der Waals surface area contributed by atoms with Crippen LogP contribution in [-0.2, 0) is 0 Å². The van der Waals surface area contributed by atoms with E-state index in [2.05, 4.69) is 26.8 Å². The zero-order valence-electron chi connectivity index (χ0n) is 8.51. The molecule has 1 saturated carbocycles. The molecule has 2 aliphatic carbocycles. The van der Waals surface area contributed by atoms with Crippen LogP contribution in [0.2, 0.25) is 0 Å². The number of hydrogen-bond acceptors (Lipinski definition) is 0. The van der Waals surface area contributed by atoms with Gasteiger partial charge in [-0.1, -0.05) is 31.9 Å². The first kappa shape index (κ1) is 8.34. The minimum Gasteiger partial charge on any atom is -0.0850 e. The minimum atomic E-state index is 0.933. The number of hydrogen-bond donors (Lipinski definition) is 0. The Morgan fingerprint density at radius 1 is 1.25 bits per heavy atom. The Kier molecular flexibility index (Phi) is 2.02. The van der Waals surface area contributed by atoms with Gasteiger partial charge in [-0.25, -0.2) is 0 Å². The van der Waals surface area contributed by atoms with Crippen LogP contribution in [0.25, 0.3) is 0 Å². The van der Waals surface area contributed by atoms with Gasteiger partial charge in [0.25, 0.3) is 0 Å². The topological polar surface area (TPSA) is 0 Å². The maximum absolute atomic E-state index is 2.48. The molecule has 0 bridgehead atoms.